The van der Waals surface area contributed by atoms with E-state index >= 15 is 0 Å². The molecule has 0 aliphatic heterocycles. The fourth-order valence-corrected chi connectivity index (χ4v) is 2.54. The molecule has 0 fully saturated rings. The summed E-state index contributed by atoms with van der Waals surface area (Å²) >= 11 is 1.58. The molecular weight excluding hydrogens is 270 g/mol. The monoisotopic (exact) mass is 287 g/mol. The van der Waals surface area contributed by atoms with Gasteiger partial charge in [-0.3, -0.25) is 0 Å². The van der Waals surface area contributed by atoms with Crippen LogP contribution in [-0.2, 0) is 11.3 Å². The summed E-state index contributed by atoms with van der Waals surface area (Å²) in [6.45, 7) is 2.22. The number of hydrogen-bond donors (Lipinski definition) is 1. The Balaban J connectivity index is 1.74. The first kappa shape index (κ1) is 14.5. The number of benzene rings is 2. The van der Waals surface area contributed by atoms with Crippen molar-refractivity contribution in [1.82, 2.24) is 5.32 Å². The summed E-state index contributed by atoms with van der Waals surface area (Å²) in [6, 6.07) is 19.6. The van der Waals surface area contributed by atoms with Crippen molar-refractivity contribution in [1.29, 1.82) is 0 Å². The maximum absolute atomic E-state index is 11.7. The van der Waals surface area contributed by atoms with E-state index in [1.54, 1.807) is 11.8 Å². The van der Waals surface area contributed by atoms with Crippen LogP contribution in [0.15, 0.2) is 65.6 Å². The molecule has 0 spiro atoms. The van der Waals surface area contributed by atoms with E-state index in [0.717, 1.165) is 10.5 Å². The lowest BCUT2D eigenvalue weighted by Crippen LogP contribution is -2.30. The Hall–Kier alpha value is -1.94. The Morgan fingerprint density at radius 3 is 2.35 bits per heavy atom. The molecule has 0 aliphatic carbocycles. The molecule has 0 heterocycles. The first-order chi connectivity index (χ1) is 9.74. The molecule has 1 amide bonds. The van der Waals surface area contributed by atoms with E-state index in [0.29, 0.717) is 0 Å². The molecule has 0 bridgehead atoms. The molecular formula is C16H17NO2S. The van der Waals surface area contributed by atoms with Gasteiger partial charge < -0.3 is 10.1 Å². The van der Waals surface area contributed by atoms with Crippen LogP contribution in [0.4, 0.5) is 4.79 Å². The molecule has 0 aromatic heterocycles. The van der Waals surface area contributed by atoms with Gasteiger partial charge in [0.1, 0.15) is 6.61 Å². The average molecular weight is 287 g/mol. The van der Waals surface area contributed by atoms with Gasteiger partial charge in [-0.25, -0.2) is 4.79 Å². The summed E-state index contributed by atoms with van der Waals surface area (Å²) in [5.74, 6) is 0. The number of nitrogens with one attached hydrogen (secondary N) is 1. The third kappa shape index (κ3) is 4.97. The van der Waals surface area contributed by atoms with E-state index in [1.165, 1.54) is 0 Å². The number of carbonyl (C=O) groups is 1. The van der Waals surface area contributed by atoms with E-state index in [1.807, 2.05) is 67.6 Å². The second kappa shape index (κ2) is 7.60. The van der Waals surface area contributed by atoms with E-state index in [9.17, 15) is 4.79 Å². The molecule has 2 rings (SSSR count). The van der Waals surface area contributed by atoms with Gasteiger partial charge in [-0.1, -0.05) is 48.5 Å². The van der Waals surface area contributed by atoms with E-state index in [2.05, 4.69) is 5.32 Å². The minimum absolute atomic E-state index is 0.0410. The highest BCUT2D eigenvalue weighted by Gasteiger charge is 2.09. The molecule has 0 aliphatic rings. The molecule has 1 atom stereocenters. The molecule has 104 valence electrons. The second-order valence-electron chi connectivity index (χ2n) is 4.28. The molecule has 0 saturated carbocycles. The Morgan fingerprint density at radius 1 is 1.10 bits per heavy atom. The lowest BCUT2D eigenvalue weighted by molar-refractivity contribution is 0.139. The van der Waals surface area contributed by atoms with Crippen LogP contribution in [0.2, 0.25) is 0 Å². The van der Waals surface area contributed by atoms with Crippen LogP contribution in [0.5, 0.6) is 0 Å². The normalized spacial score (nSPS) is 11.7. The highest BCUT2D eigenvalue weighted by atomic mass is 32.2. The quantitative estimate of drug-likeness (QED) is 0.666. The molecule has 2 aromatic rings. The second-order valence-corrected chi connectivity index (χ2v) is 5.69. The van der Waals surface area contributed by atoms with Crippen LogP contribution >= 0.6 is 11.8 Å². The molecule has 3 nitrogen and oxygen atoms in total. The molecule has 2 aromatic carbocycles. The lowest BCUT2D eigenvalue weighted by atomic mass is 10.2. The smallest absolute Gasteiger partial charge is 0.408 e. The number of ether oxygens (including phenoxy) is 1. The Kier molecular flexibility index (Phi) is 5.50. The van der Waals surface area contributed by atoms with Crippen LogP contribution in [0.3, 0.4) is 0 Å². The topological polar surface area (TPSA) is 38.3 Å². The third-order valence-electron chi connectivity index (χ3n) is 2.59. The number of hydrogen-bond acceptors (Lipinski definition) is 3. The van der Waals surface area contributed by atoms with Gasteiger partial charge in [0.15, 0.2) is 0 Å². The summed E-state index contributed by atoms with van der Waals surface area (Å²) in [5.41, 5.74) is 0.978. The zero-order valence-electron chi connectivity index (χ0n) is 11.3. The first-order valence-corrected chi connectivity index (χ1v) is 7.31. The minimum Gasteiger partial charge on any atom is -0.445 e. The minimum atomic E-state index is -0.398. The molecule has 20 heavy (non-hydrogen) atoms. The highest BCUT2D eigenvalue weighted by molar-refractivity contribution is 7.99. The fraction of sp³-hybridized carbons (Fsp3) is 0.188. The van der Waals surface area contributed by atoms with Crippen LogP contribution in [0.25, 0.3) is 0 Å². The summed E-state index contributed by atoms with van der Waals surface area (Å²) in [5, 5.41) is 2.76. The Labute approximate surface area is 123 Å². The summed E-state index contributed by atoms with van der Waals surface area (Å²) < 4.78 is 5.17. The van der Waals surface area contributed by atoms with Crippen molar-refractivity contribution in [2.24, 2.45) is 0 Å². The maximum Gasteiger partial charge on any atom is 0.408 e. The molecule has 4 heteroatoms. The van der Waals surface area contributed by atoms with Crippen molar-refractivity contribution in [3.63, 3.8) is 0 Å². The van der Waals surface area contributed by atoms with Crippen LogP contribution < -0.4 is 5.32 Å². The Morgan fingerprint density at radius 2 is 1.70 bits per heavy atom. The van der Waals surface area contributed by atoms with Crippen molar-refractivity contribution in [2.75, 3.05) is 0 Å². The summed E-state index contributed by atoms with van der Waals surface area (Å²) in [4.78, 5) is 12.8. The maximum atomic E-state index is 11.7. The van der Waals surface area contributed by atoms with Crippen molar-refractivity contribution < 1.29 is 9.53 Å². The SMILES string of the molecule is CC(NC(=O)OCc1ccccc1)Sc1ccccc1. The predicted octanol–water partition coefficient (Wildman–Crippen LogP) is 4.05. The van der Waals surface area contributed by atoms with Crippen LogP contribution in [0.1, 0.15) is 12.5 Å². The lowest BCUT2D eigenvalue weighted by Gasteiger charge is -2.13. The van der Waals surface area contributed by atoms with Gasteiger partial charge in [0, 0.05) is 4.90 Å². The Bertz CT molecular complexity index is 531. The summed E-state index contributed by atoms with van der Waals surface area (Å²) in [7, 11) is 0. The van der Waals surface area contributed by atoms with Gasteiger partial charge in [0.25, 0.3) is 0 Å². The number of thioether (sulfide) groups is 1. The third-order valence-corrected chi connectivity index (χ3v) is 3.61. The van der Waals surface area contributed by atoms with Crippen molar-refractivity contribution in [3.8, 4) is 0 Å². The van der Waals surface area contributed by atoms with Crippen molar-refractivity contribution >= 4 is 17.9 Å². The fourth-order valence-electron chi connectivity index (χ4n) is 1.66. The van der Waals surface area contributed by atoms with Gasteiger partial charge >= 0.3 is 6.09 Å². The van der Waals surface area contributed by atoms with Gasteiger partial charge in [-0.05, 0) is 24.6 Å². The van der Waals surface area contributed by atoms with E-state index in [4.69, 9.17) is 4.74 Å². The summed E-state index contributed by atoms with van der Waals surface area (Å²) in [6.07, 6.45) is -0.398. The van der Waals surface area contributed by atoms with Gasteiger partial charge in [-0.15, -0.1) is 11.8 Å². The van der Waals surface area contributed by atoms with Crippen LogP contribution in [0, 0.1) is 0 Å². The largest absolute Gasteiger partial charge is 0.445 e. The van der Waals surface area contributed by atoms with Crippen molar-refractivity contribution in [2.45, 2.75) is 23.8 Å². The number of carbonyl (C=O) groups excluding carboxylic acids is 1. The molecule has 0 radical (unpaired) electrons. The van der Waals surface area contributed by atoms with Crippen molar-refractivity contribution in [3.05, 3.63) is 66.2 Å². The molecule has 1 N–H and O–H groups in total. The van der Waals surface area contributed by atoms with Gasteiger partial charge in [0.2, 0.25) is 0 Å². The zero-order valence-corrected chi connectivity index (χ0v) is 12.1. The van der Waals surface area contributed by atoms with Crippen LogP contribution in [-0.4, -0.2) is 11.5 Å². The number of amides is 1. The standard InChI is InChI=1S/C16H17NO2S/c1-13(20-15-10-6-3-7-11-15)17-16(18)19-12-14-8-4-2-5-9-14/h2-11,13H,12H2,1H3,(H,17,18). The van der Waals surface area contributed by atoms with E-state index < -0.39 is 6.09 Å². The van der Waals surface area contributed by atoms with Gasteiger partial charge in [-0.2, -0.15) is 0 Å². The van der Waals surface area contributed by atoms with Gasteiger partial charge in [0.05, 0.1) is 5.37 Å². The van der Waals surface area contributed by atoms with E-state index in [-0.39, 0.29) is 12.0 Å². The molecule has 1 unspecified atom stereocenters. The average Bonchev–Trinajstić information content (AvgIpc) is 2.47. The predicted molar refractivity (Wildman–Crippen MR) is 81.5 cm³/mol. The highest BCUT2D eigenvalue weighted by Crippen LogP contribution is 2.20. The number of alkyl carbamates (subject to hydrolysis) is 1. The number of rotatable bonds is 5. The first-order valence-electron chi connectivity index (χ1n) is 6.43. The molecule has 0 saturated heterocycles. The zero-order chi connectivity index (χ0) is 14.2.